The fourth-order valence-corrected chi connectivity index (χ4v) is 2.74. The van der Waals surface area contributed by atoms with Gasteiger partial charge in [0, 0.05) is 12.4 Å². The van der Waals surface area contributed by atoms with Gasteiger partial charge in [0.2, 0.25) is 0 Å². The zero-order chi connectivity index (χ0) is 8.02. The van der Waals surface area contributed by atoms with Gasteiger partial charge in [0.25, 0.3) is 0 Å². The van der Waals surface area contributed by atoms with Gasteiger partial charge in [-0.15, -0.1) is 0 Å². The molecule has 0 amide bonds. The first-order valence-corrected chi connectivity index (χ1v) is 4.90. The third-order valence-corrected chi connectivity index (χ3v) is 3.60. The molecule has 1 aromatic rings. The van der Waals surface area contributed by atoms with Crippen molar-refractivity contribution in [2.75, 3.05) is 0 Å². The lowest BCUT2D eigenvalue weighted by Crippen LogP contribution is -2.14. The van der Waals surface area contributed by atoms with Crippen molar-refractivity contribution < 1.29 is 0 Å². The second-order valence-electron chi connectivity index (χ2n) is 4.26. The molecule has 0 N–H and O–H groups in total. The lowest BCUT2D eigenvalue weighted by atomic mass is 10.0. The van der Waals surface area contributed by atoms with Gasteiger partial charge in [-0.05, 0) is 37.2 Å². The summed E-state index contributed by atoms with van der Waals surface area (Å²) in [4.78, 5) is 0. The second kappa shape index (κ2) is 2.12. The van der Waals surface area contributed by atoms with Gasteiger partial charge in [-0.2, -0.15) is 5.10 Å². The van der Waals surface area contributed by atoms with Crippen molar-refractivity contribution in [2.45, 2.75) is 38.1 Å². The Morgan fingerprint density at radius 3 is 2.92 bits per heavy atom. The Balaban J connectivity index is 1.93. The highest BCUT2D eigenvalue weighted by Gasteiger charge is 2.52. The molecule has 1 heterocycles. The molecule has 2 aliphatic carbocycles. The first-order chi connectivity index (χ1) is 5.91. The maximum Gasteiger partial charge on any atom is 0.0575 e. The quantitative estimate of drug-likeness (QED) is 0.620. The van der Waals surface area contributed by atoms with E-state index >= 15 is 0 Å². The standard InChI is InChI=1S/C10H14N2/c1-3-9(10(4-1)5-6-10)12-8-2-7-11-12/h2,7-9H,1,3-6H2. The Labute approximate surface area is 72.6 Å². The third kappa shape index (κ3) is 0.780. The maximum atomic E-state index is 4.35. The summed E-state index contributed by atoms with van der Waals surface area (Å²) < 4.78 is 2.18. The van der Waals surface area contributed by atoms with Gasteiger partial charge in [0.05, 0.1) is 6.04 Å². The molecule has 0 radical (unpaired) electrons. The van der Waals surface area contributed by atoms with E-state index in [1.165, 1.54) is 32.1 Å². The van der Waals surface area contributed by atoms with E-state index in [4.69, 9.17) is 0 Å². The highest BCUT2D eigenvalue weighted by Crippen LogP contribution is 2.63. The molecule has 1 atom stereocenters. The molecular formula is C10H14N2. The summed E-state index contributed by atoms with van der Waals surface area (Å²) in [6.07, 6.45) is 11.1. The summed E-state index contributed by atoms with van der Waals surface area (Å²) >= 11 is 0. The Hall–Kier alpha value is -0.790. The van der Waals surface area contributed by atoms with Gasteiger partial charge in [0.1, 0.15) is 0 Å². The van der Waals surface area contributed by atoms with Gasteiger partial charge in [0.15, 0.2) is 0 Å². The van der Waals surface area contributed by atoms with E-state index in [0.717, 1.165) is 6.04 Å². The topological polar surface area (TPSA) is 17.8 Å². The van der Waals surface area contributed by atoms with Crippen LogP contribution in [0.1, 0.15) is 38.1 Å². The van der Waals surface area contributed by atoms with E-state index in [1.54, 1.807) is 0 Å². The largest absolute Gasteiger partial charge is 0.269 e. The van der Waals surface area contributed by atoms with Gasteiger partial charge >= 0.3 is 0 Å². The fourth-order valence-electron chi connectivity index (χ4n) is 2.74. The molecule has 0 aliphatic heterocycles. The summed E-state index contributed by atoms with van der Waals surface area (Å²) in [7, 11) is 0. The minimum atomic E-state index is 0.687. The molecule has 1 spiro atoms. The smallest absolute Gasteiger partial charge is 0.0575 e. The van der Waals surface area contributed by atoms with Crippen molar-refractivity contribution >= 4 is 0 Å². The molecular weight excluding hydrogens is 148 g/mol. The van der Waals surface area contributed by atoms with Crippen molar-refractivity contribution in [3.05, 3.63) is 18.5 Å². The molecule has 0 aromatic carbocycles. The lowest BCUT2D eigenvalue weighted by Gasteiger charge is -2.18. The second-order valence-corrected chi connectivity index (χ2v) is 4.26. The average Bonchev–Trinajstić information content (AvgIpc) is 2.51. The van der Waals surface area contributed by atoms with Crippen molar-refractivity contribution in [1.82, 2.24) is 9.78 Å². The van der Waals surface area contributed by atoms with Crippen LogP contribution >= 0.6 is 0 Å². The van der Waals surface area contributed by atoms with Crippen LogP contribution in [0.4, 0.5) is 0 Å². The number of hydrogen-bond donors (Lipinski definition) is 0. The SMILES string of the molecule is c1cnn(C2CCCC23CC3)c1. The van der Waals surface area contributed by atoms with Crippen molar-refractivity contribution in [3.8, 4) is 0 Å². The first-order valence-electron chi connectivity index (χ1n) is 4.90. The summed E-state index contributed by atoms with van der Waals surface area (Å²) in [5.74, 6) is 0. The number of nitrogens with zero attached hydrogens (tertiary/aromatic N) is 2. The number of rotatable bonds is 1. The average molecular weight is 162 g/mol. The van der Waals surface area contributed by atoms with E-state index in [1.807, 2.05) is 12.3 Å². The minimum Gasteiger partial charge on any atom is -0.269 e. The van der Waals surface area contributed by atoms with E-state index in [-0.39, 0.29) is 0 Å². The van der Waals surface area contributed by atoms with Crippen LogP contribution in [0.25, 0.3) is 0 Å². The summed E-state index contributed by atoms with van der Waals surface area (Å²) in [6, 6.07) is 2.77. The molecule has 1 aromatic heterocycles. The van der Waals surface area contributed by atoms with E-state index in [0.29, 0.717) is 5.41 Å². The normalized spacial score (nSPS) is 31.2. The summed E-state index contributed by atoms with van der Waals surface area (Å²) in [5, 5.41) is 4.35. The molecule has 64 valence electrons. The van der Waals surface area contributed by atoms with Crippen molar-refractivity contribution in [3.63, 3.8) is 0 Å². The molecule has 2 heteroatoms. The molecule has 0 saturated heterocycles. The van der Waals surface area contributed by atoms with Crippen LogP contribution in [-0.2, 0) is 0 Å². The lowest BCUT2D eigenvalue weighted by molar-refractivity contribution is 0.331. The Morgan fingerprint density at radius 1 is 1.33 bits per heavy atom. The molecule has 1 unspecified atom stereocenters. The zero-order valence-corrected chi connectivity index (χ0v) is 7.24. The maximum absolute atomic E-state index is 4.35. The van der Waals surface area contributed by atoms with Crippen LogP contribution < -0.4 is 0 Å². The third-order valence-electron chi connectivity index (χ3n) is 3.60. The monoisotopic (exact) mass is 162 g/mol. The van der Waals surface area contributed by atoms with Crippen LogP contribution in [0.2, 0.25) is 0 Å². The molecule has 2 saturated carbocycles. The first kappa shape index (κ1) is 6.70. The highest BCUT2D eigenvalue weighted by molar-refractivity contribution is 5.05. The molecule has 2 fully saturated rings. The van der Waals surface area contributed by atoms with Gasteiger partial charge in [-0.3, -0.25) is 4.68 Å². The zero-order valence-electron chi connectivity index (χ0n) is 7.24. The van der Waals surface area contributed by atoms with Gasteiger partial charge in [-0.1, -0.05) is 6.42 Å². The summed E-state index contributed by atoms with van der Waals surface area (Å²) in [5.41, 5.74) is 0.687. The van der Waals surface area contributed by atoms with E-state index in [2.05, 4.69) is 16.0 Å². The Kier molecular flexibility index (Phi) is 1.18. The van der Waals surface area contributed by atoms with Crippen LogP contribution in [0.5, 0.6) is 0 Å². The fraction of sp³-hybridized carbons (Fsp3) is 0.700. The number of hydrogen-bond acceptors (Lipinski definition) is 1. The molecule has 12 heavy (non-hydrogen) atoms. The highest BCUT2D eigenvalue weighted by atomic mass is 15.3. The molecule has 3 rings (SSSR count). The Bertz CT molecular complexity index is 272. The molecule has 0 bridgehead atoms. The van der Waals surface area contributed by atoms with E-state index in [9.17, 15) is 0 Å². The van der Waals surface area contributed by atoms with Gasteiger partial charge < -0.3 is 0 Å². The van der Waals surface area contributed by atoms with Crippen LogP contribution in [0.15, 0.2) is 18.5 Å². The van der Waals surface area contributed by atoms with Crippen LogP contribution in [0.3, 0.4) is 0 Å². The minimum absolute atomic E-state index is 0.687. The predicted molar refractivity (Wildman–Crippen MR) is 46.8 cm³/mol. The Morgan fingerprint density at radius 2 is 2.25 bits per heavy atom. The van der Waals surface area contributed by atoms with E-state index < -0.39 is 0 Å². The molecule has 2 aliphatic rings. The summed E-state index contributed by atoms with van der Waals surface area (Å²) in [6.45, 7) is 0. The predicted octanol–water partition coefficient (Wildman–Crippen LogP) is 2.39. The molecule has 2 nitrogen and oxygen atoms in total. The van der Waals surface area contributed by atoms with Crippen molar-refractivity contribution in [1.29, 1.82) is 0 Å². The van der Waals surface area contributed by atoms with Crippen molar-refractivity contribution in [2.24, 2.45) is 5.41 Å². The van der Waals surface area contributed by atoms with Crippen LogP contribution in [-0.4, -0.2) is 9.78 Å². The number of aromatic nitrogens is 2. The van der Waals surface area contributed by atoms with Gasteiger partial charge in [-0.25, -0.2) is 0 Å². The van der Waals surface area contributed by atoms with Crippen LogP contribution in [0, 0.1) is 5.41 Å².